The molecule has 1 N–H and O–H groups in total. The van der Waals surface area contributed by atoms with Gasteiger partial charge in [-0.1, -0.05) is 0 Å². The number of carbonyl (C=O) groups excluding carboxylic acids is 1. The molecule has 0 spiro atoms. The Bertz CT molecular complexity index is 739. The van der Waals surface area contributed by atoms with Crippen LogP contribution in [-0.2, 0) is 0 Å². The minimum Gasteiger partial charge on any atom is -0.424 e. The third kappa shape index (κ3) is 4.88. The van der Waals surface area contributed by atoms with Crippen LogP contribution in [-0.4, -0.2) is 26.8 Å². The number of ether oxygens (including phenoxy) is 1. The molecule has 0 atom stereocenters. The molecule has 26 heavy (non-hydrogen) atoms. The quantitative estimate of drug-likeness (QED) is 0.807. The molecule has 1 aliphatic rings. The van der Waals surface area contributed by atoms with Crippen molar-refractivity contribution in [2.75, 3.05) is 0 Å². The molecule has 1 saturated heterocycles. The van der Waals surface area contributed by atoms with Gasteiger partial charge in [0, 0.05) is 35.5 Å². The van der Waals surface area contributed by atoms with Gasteiger partial charge in [-0.25, -0.2) is 9.97 Å². The zero-order valence-electron chi connectivity index (χ0n) is 16.0. The molecule has 1 aromatic heterocycles. The number of benzene rings is 1. The standard InChI is InChI=1S/C21H27N3O2/c1-20(2)13-15(14-21(3,4)24-20)12-18(25)16-6-8-17(9-7-16)26-19-22-10-5-11-23-19/h5-11,15,24H,12-14H2,1-4H3. The number of nitrogens with one attached hydrogen (secondary N) is 1. The number of nitrogens with zero attached hydrogens (tertiary/aromatic N) is 2. The van der Waals surface area contributed by atoms with Gasteiger partial charge >= 0.3 is 6.01 Å². The van der Waals surface area contributed by atoms with E-state index in [1.165, 1.54) is 0 Å². The van der Waals surface area contributed by atoms with Crippen molar-refractivity contribution in [3.63, 3.8) is 0 Å². The molecule has 138 valence electrons. The zero-order chi connectivity index (χ0) is 18.8. The van der Waals surface area contributed by atoms with Crippen molar-refractivity contribution < 1.29 is 9.53 Å². The Morgan fingerprint density at radius 3 is 2.23 bits per heavy atom. The fourth-order valence-corrected chi connectivity index (χ4v) is 4.21. The van der Waals surface area contributed by atoms with E-state index in [9.17, 15) is 4.79 Å². The monoisotopic (exact) mass is 353 g/mol. The average molecular weight is 353 g/mol. The minimum atomic E-state index is 0.0556. The molecule has 0 radical (unpaired) electrons. The van der Waals surface area contributed by atoms with Crippen LogP contribution in [0.4, 0.5) is 0 Å². The number of hydrogen-bond donors (Lipinski definition) is 1. The maximum Gasteiger partial charge on any atom is 0.321 e. The summed E-state index contributed by atoms with van der Waals surface area (Å²) in [5, 5.41) is 3.67. The summed E-state index contributed by atoms with van der Waals surface area (Å²) in [4.78, 5) is 20.8. The normalized spacial score (nSPS) is 19.1. The third-order valence-corrected chi connectivity index (χ3v) is 4.68. The molecule has 1 aliphatic heterocycles. The van der Waals surface area contributed by atoms with E-state index in [0.29, 0.717) is 24.1 Å². The molecule has 3 rings (SSSR count). The van der Waals surface area contributed by atoms with Crippen LogP contribution in [0.2, 0.25) is 0 Å². The number of rotatable bonds is 5. The lowest BCUT2D eigenvalue weighted by atomic mass is 9.74. The van der Waals surface area contributed by atoms with Gasteiger partial charge in [0.2, 0.25) is 0 Å². The molecule has 1 fully saturated rings. The van der Waals surface area contributed by atoms with Crippen molar-refractivity contribution in [2.24, 2.45) is 5.92 Å². The molecule has 0 amide bonds. The van der Waals surface area contributed by atoms with Crippen LogP contribution in [0.15, 0.2) is 42.7 Å². The van der Waals surface area contributed by atoms with E-state index in [2.05, 4.69) is 43.0 Å². The third-order valence-electron chi connectivity index (χ3n) is 4.68. The van der Waals surface area contributed by atoms with Crippen LogP contribution >= 0.6 is 0 Å². The Morgan fingerprint density at radius 1 is 1.08 bits per heavy atom. The summed E-state index contributed by atoms with van der Waals surface area (Å²) < 4.78 is 5.58. The van der Waals surface area contributed by atoms with Gasteiger partial charge in [0.25, 0.3) is 0 Å². The van der Waals surface area contributed by atoms with Gasteiger partial charge in [-0.15, -0.1) is 0 Å². The predicted molar refractivity (Wildman–Crippen MR) is 102 cm³/mol. The maximum atomic E-state index is 12.7. The number of hydrogen-bond acceptors (Lipinski definition) is 5. The number of aromatic nitrogens is 2. The first kappa shape index (κ1) is 18.5. The Balaban J connectivity index is 1.63. The van der Waals surface area contributed by atoms with Gasteiger partial charge in [0.05, 0.1) is 0 Å². The molecular formula is C21H27N3O2. The summed E-state index contributed by atoms with van der Waals surface area (Å²) in [7, 11) is 0. The number of Topliss-reactive ketones (excluding diaryl/α,β-unsaturated/α-hetero) is 1. The van der Waals surface area contributed by atoms with Crippen molar-refractivity contribution in [1.29, 1.82) is 0 Å². The summed E-state index contributed by atoms with van der Waals surface area (Å²) >= 11 is 0. The summed E-state index contributed by atoms with van der Waals surface area (Å²) in [5.74, 6) is 1.20. The second-order valence-electron chi connectivity index (χ2n) is 8.45. The summed E-state index contributed by atoms with van der Waals surface area (Å²) in [5.41, 5.74) is 0.834. The fourth-order valence-electron chi connectivity index (χ4n) is 4.21. The summed E-state index contributed by atoms with van der Waals surface area (Å²) in [6, 6.07) is 9.25. The van der Waals surface area contributed by atoms with Gasteiger partial charge < -0.3 is 10.1 Å². The first-order valence-electron chi connectivity index (χ1n) is 9.10. The fraction of sp³-hybridized carbons (Fsp3) is 0.476. The molecule has 2 aromatic rings. The predicted octanol–water partition coefficient (Wildman–Crippen LogP) is 4.40. The number of piperidine rings is 1. The molecule has 5 heteroatoms. The van der Waals surface area contributed by atoms with Crippen LogP contribution in [0.3, 0.4) is 0 Å². The molecule has 5 nitrogen and oxygen atoms in total. The minimum absolute atomic E-state index is 0.0556. The maximum absolute atomic E-state index is 12.7. The highest BCUT2D eigenvalue weighted by atomic mass is 16.5. The number of carbonyl (C=O) groups is 1. The van der Waals surface area contributed by atoms with E-state index >= 15 is 0 Å². The largest absolute Gasteiger partial charge is 0.424 e. The van der Waals surface area contributed by atoms with Crippen molar-refractivity contribution in [1.82, 2.24) is 15.3 Å². The molecule has 0 unspecified atom stereocenters. The van der Waals surface area contributed by atoms with Crippen LogP contribution in [0.25, 0.3) is 0 Å². The highest BCUT2D eigenvalue weighted by molar-refractivity contribution is 5.96. The van der Waals surface area contributed by atoms with Crippen LogP contribution in [0.1, 0.15) is 57.3 Å². The lowest BCUT2D eigenvalue weighted by Crippen LogP contribution is -2.57. The second-order valence-corrected chi connectivity index (χ2v) is 8.45. The van der Waals surface area contributed by atoms with Gasteiger partial charge in [0.1, 0.15) is 5.75 Å². The summed E-state index contributed by atoms with van der Waals surface area (Å²) in [6.07, 6.45) is 5.85. The van der Waals surface area contributed by atoms with Crippen LogP contribution in [0, 0.1) is 5.92 Å². The molecule has 2 heterocycles. The zero-order valence-corrected chi connectivity index (χ0v) is 16.0. The number of ketones is 1. The lowest BCUT2D eigenvalue weighted by molar-refractivity contribution is 0.0864. The Labute approximate surface area is 155 Å². The van der Waals surface area contributed by atoms with E-state index in [4.69, 9.17) is 4.74 Å². The SMILES string of the molecule is CC1(C)CC(CC(=O)c2ccc(Oc3ncccn3)cc2)CC(C)(C)N1. The highest BCUT2D eigenvalue weighted by Gasteiger charge is 2.38. The topological polar surface area (TPSA) is 64.1 Å². The molecule has 0 bridgehead atoms. The lowest BCUT2D eigenvalue weighted by Gasteiger charge is -2.46. The average Bonchev–Trinajstić information content (AvgIpc) is 2.53. The van der Waals surface area contributed by atoms with Crippen molar-refractivity contribution in [3.05, 3.63) is 48.3 Å². The highest BCUT2D eigenvalue weighted by Crippen LogP contribution is 2.35. The van der Waals surface area contributed by atoms with E-state index in [-0.39, 0.29) is 16.9 Å². The Morgan fingerprint density at radius 2 is 1.65 bits per heavy atom. The van der Waals surface area contributed by atoms with Gasteiger partial charge in [-0.3, -0.25) is 4.79 Å². The van der Waals surface area contributed by atoms with E-state index < -0.39 is 0 Å². The van der Waals surface area contributed by atoms with Gasteiger partial charge in [0.15, 0.2) is 5.78 Å². The Hall–Kier alpha value is -2.27. The van der Waals surface area contributed by atoms with Crippen molar-refractivity contribution in [2.45, 2.75) is 58.0 Å². The Kier molecular flexibility index (Phi) is 5.10. The second kappa shape index (κ2) is 7.16. The van der Waals surface area contributed by atoms with Crippen LogP contribution < -0.4 is 10.1 Å². The summed E-state index contributed by atoms with van der Waals surface area (Å²) in [6.45, 7) is 8.85. The first-order valence-corrected chi connectivity index (χ1v) is 9.10. The molecule has 1 aromatic carbocycles. The van der Waals surface area contributed by atoms with Crippen molar-refractivity contribution in [3.8, 4) is 11.8 Å². The van der Waals surface area contributed by atoms with Gasteiger partial charge in [-0.2, -0.15) is 0 Å². The molecule has 0 aliphatic carbocycles. The molecular weight excluding hydrogens is 326 g/mol. The van der Waals surface area contributed by atoms with E-state index in [0.717, 1.165) is 18.4 Å². The first-order chi connectivity index (χ1) is 12.2. The molecule has 0 saturated carbocycles. The van der Waals surface area contributed by atoms with E-state index in [1.807, 2.05) is 12.1 Å². The van der Waals surface area contributed by atoms with Gasteiger partial charge in [-0.05, 0) is 76.8 Å². The van der Waals surface area contributed by atoms with E-state index in [1.54, 1.807) is 30.6 Å². The smallest absolute Gasteiger partial charge is 0.321 e. The van der Waals surface area contributed by atoms with Crippen LogP contribution in [0.5, 0.6) is 11.8 Å². The van der Waals surface area contributed by atoms with Crippen molar-refractivity contribution >= 4 is 5.78 Å².